The Kier molecular flexibility index (Phi) is 4.61. The van der Waals surface area contributed by atoms with E-state index < -0.39 is 0 Å². The van der Waals surface area contributed by atoms with Crippen LogP contribution in [0.2, 0.25) is 0 Å². The molecule has 18 heavy (non-hydrogen) atoms. The third-order valence-electron chi connectivity index (χ3n) is 3.85. The minimum atomic E-state index is 0.575. The van der Waals surface area contributed by atoms with Gasteiger partial charge in [0.25, 0.3) is 0 Å². The Morgan fingerprint density at radius 3 is 2.56 bits per heavy atom. The number of hydrogen-bond acceptors (Lipinski definition) is 3. The number of rotatable bonds is 4. The van der Waals surface area contributed by atoms with Crippen LogP contribution in [-0.2, 0) is 4.84 Å². The van der Waals surface area contributed by atoms with E-state index in [9.17, 15) is 0 Å². The number of hydrogen-bond donors (Lipinski definition) is 1. The van der Waals surface area contributed by atoms with Crippen LogP contribution in [0.4, 0.5) is 5.69 Å². The van der Waals surface area contributed by atoms with Gasteiger partial charge in [0.05, 0.1) is 6.61 Å². The van der Waals surface area contributed by atoms with Crippen molar-refractivity contribution in [1.29, 1.82) is 0 Å². The van der Waals surface area contributed by atoms with Gasteiger partial charge >= 0.3 is 0 Å². The summed E-state index contributed by atoms with van der Waals surface area (Å²) >= 11 is 0. The van der Waals surface area contributed by atoms with Crippen LogP contribution in [0, 0.1) is 5.92 Å². The molecule has 1 fully saturated rings. The number of anilines is 1. The van der Waals surface area contributed by atoms with E-state index in [1.54, 1.807) is 0 Å². The zero-order chi connectivity index (χ0) is 13.0. The third kappa shape index (κ3) is 3.03. The second-order valence-electron chi connectivity index (χ2n) is 5.48. The van der Waals surface area contributed by atoms with Gasteiger partial charge in [-0.2, -0.15) is 0 Å². The Bertz CT molecular complexity index is 371. The molecule has 1 aliphatic heterocycles. The molecule has 100 valence electrons. The molecule has 0 unspecified atom stereocenters. The molecule has 1 aliphatic rings. The highest BCUT2D eigenvalue weighted by Crippen LogP contribution is 2.30. The van der Waals surface area contributed by atoms with Crippen LogP contribution in [0.15, 0.2) is 24.3 Å². The van der Waals surface area contributed by atoms with E-state index in [0.717, 1.165) is 13.1 Å². The van der Waals surface area contributed by atoms with Crippen molar-refractivity contribution in [2.75, 3.05) is 24.6 Å². The third-order valence-corrected chi connectivity index (χ3v) is 3.85. The first kappa shape index (κ1) is 13.4. The molecule has 3 nitrogen and oxygen atoms in total. The van der Waals surface area contributed by atoms with Crippen LogP contribution >= 0.6 is 0 Å². The van der Waals surface area contributed by atoms with Crippen LogP contribution in [0.5, 0.6) is 0 Å². The second kappa shape index (κ2) is 6.21. The molecular weight excluding hydrogens is 224 g/mol. The summed E-state index contributed by atoms with van der Waals surface area (Å²) in [4.78, 5) is 7.27. The van der Waals surface area contributed by atoms with Crippen molar-refractivity contribution in [3.8, 4) is 0 Å². The van der Waals surface area contributed by atoms with Crippen LogP contribution < -0.4 is 10.8 Å². The lowest BCUT2D eigenvalue weighted by molar-refractivity contribution is 0.0918. The fourth-order valence-corrected chi connectivity index (χ4v) is 2.74. The van der Waals surface area contributed by atoms with Crippen molar-refractivity contribution in [2.45, 2.75) is 32.6 Å². The minimum absolute atomic E-state index is 0.575. The van der Waals surface area contributed by atoms with Crippen molar-refractivity contribution >= 4 is 5.69 Å². The summed E-state index contributed by atoms with van der Waals surface area (Å²) in [7, 11) is 0. The highest BCUT2D eigenvalue weighted by molar-refractivity contribution is 5.55. The molecule has 0 aliphatic carbocycles. The number of para-hydroxylation sites is 1. The Balaban J connectivity index is 2.05. The summed E-state index contributed by atoms with van der Waals surface area (Å²) in [5.74, 6) is 6.35. The summed E-state index contributed by atoms with van der Waals surface area (Å²) in [6, 6.07) is 8.76. The van der Waals surface area contributed by atoms with Crippen molar-refractivity contribution in [3.63, 3.8) is 0 Å². The molecule has 0 aromatic heterocycles. The van der Waals surface area contributed by atoms with Gasteiger partial charge in [0, 0.05) is 18.8 Å². The van der Waals surface area contributed by atoms with Gasteiger partial charge in [0.15, 0.2) is 0 Å². The van der Waals surface area contributed by atoms with E-state index in [1.165, 1.54) is 24.1 Å². The fourth-order valence-electron chi connectivity index (χ4n) is 2.74. The molecule has 0 saturated carbocycles. The SMILES string of the molecule is CC(C)c1ccccc1N1CCC(CON)CC1. The summed E-state index contributed by atoms with van der Waals surface area (Å²) in [5.41, 5.74) is 2.85. The van der Waals surface area contributed by atoms with Gasteiger partial charge in [-0.1, -0.05) is 32.0 Å². The smallest absolute Gasteiger partial charge is 0.0708 e. The second-order valence-corrected chi connectivity index (χ2v) is 5.48. The van der Waals surface area contributed by atoms with E-state index in [0.29, 0.717) is 18.4 Å². The van der Waals surface area contributed by atoms with Gasteiger partial charge < -0.3 is 9.74 Å². The van der Waals surface area contributed by atoms with Gasteiger partial charge in [-0.05, 0) is 36.3 Å². The Morgan fingerprint density at radius 1 is 1.28 bits per heavy atom. The van der Waals surface area contributed by atoms with Gasteiger partial charge in [-0.15, -0.1) is 0 Å². The fraction of sp³-hybridized carbons (Fsp3) is 0.600. The number of nitrogens with two attached hydrogens (primary N) is 1. The molecule has 0 bridgehead atoms. The molecule has 0 amide bonds. The largest absolute Gasteiger partial charge is 0.371 e. The molecular formula is C15H24N2O. The first-order chi connectivity index (χ1) is 8.72. The highest BCUT2D eigenvalue weighted by atomic mass is 16.6. The molecule has 2 N–H and O–H groups in total. The molecule has 1 aromatic rings. The molecule has 2 rings (SSSR count). The van der Waals surface area contributed by atoms with Crippen molar-refractivity contribution < 1.29 is 4.84 Å². The first-order valence-electron chi connectivity index (χ1n) is 6.88. The summed E-state index contributed by atoms with van der Waals surface area (Å²) < 4.78 is 0. The van der Waals surface area contributed by atoms with Crippen LogP contribution in [-0.4, -0.2) is 19.7 Å². The number of nitrogens with zero attached hydrogens (tertiary/aromatic N) is 1. The molecule has 1 heterocycles. The highest BCUT2D eigenvalue weighted by Gasteiger charge is 2.21. The Labute approximate surface area is 110 Å². The molecule has 1 saturated heterocycles. The topological polar surface area (TPSA) is 38.5 Å². The van der Waals surface area contributed by atoms with Crippen LogP contribution in [0.3, 0.4) is 0 Å². The van der Waals surface area contributed by atoms with Crippen LogP contribution in [0.1, 0.15) is 38.2 Å². The lowest BCUT2D eigenvalue weighted by atomic mass is 9.95. The molecule has 0 atom stereocenters. The maximum absolute atomic E-state index is 5.16. The predicted octanol–water partition coefficient (Wildman–Crippen LogP) is 2.92. The van der Waals surface area contributed by atoms with Crippen molar-refractivity contribution in [1.82, 2.24) is 0 Å². The molecule has 0 spiro atoms. The minimum Gasteiger partial charge on any atom is -0.371 e. The summed E-state index contributed by atoms with van der Waals surface area (Å²) in [6.45, 7) is 7.43. The Morgan fingerprint density at radius 2 is 1.94 bits per heavy atom. The van der Waals surface area contributed by atoms with Gasteiger partial charge in [0.1, 0.15) is 0 Å². The predicted molar refractivity (Wildman–Crippen MR) is 75.6 cm³/mol. The van der Waals surface area contributed by atoms with E-state index in [4.69, 9.17) is 10.7 Å². The summed E-state index contributed by atoms with van der Waals surface area (Å²) in [5, 5.41) is 0. The quantitative estimate of drug-likeness (QED) is 0.833. The van der Waals surface area contributed by atoms with Crippen LogP contribution in [0.25, 0.3) is 0 Å². The lowest BCUT2D eigenvalue weighted by Crippen LogP contribution is -2.36. The van der Waals surface area contributed by atoms with E-state index in [1.807, 2.05) is 0 Å². The molecule has 1 aromatic carbocycles. The van der Waals surface area contributed by atoms with E-state index in [-0.39, 0.29) is 0 Å². The normalized spacial score (nSPS) is 17.4. The van der Waals surface area contributed by atoms with Crippen molar-refractivity contribution in [3.05, 3.63) is 29.8 Å². The first-order valence-corrected chi connectivity index (χ1v) is 6.88. The average Bonchev–Trinajstić information content (AvgIpc) is 2.40. The maximum atomic E-state index is 5.16. The van der Waals surface area contributed by atoms with Gasteiger partial charge in [0.2, 0.25) is 0 Å². The van der Waals surface area contributed by atoms with Crippen molar-refractivity contribution in [2.24, 2.45) is 11.8 Å². The number of piperidine rings is 1. The zero-order valence-corrected chi connectivity index (χ0v) is 11.4. The Hall–Kier alpha value is -1.06. The maximum Gasteiger partial charge on any atom is 0.0708 e. The molecule has 0 radical (unpaired) electrons. The monoisotopic (exact) mass is 248 g/mol. The average molecular weight is 248 g/mol. The number of benzene rings is 1. The zero-order valence-electron chi connectivity index (χ0n) is 11.4. The van der Waals surface area contributed by atoms with Gasteiger partial charge in [-0.3, -0.25) is 0 Å². The molecule has 3 heteroatoms. The lowest BCUT2D eigenvalue weighted by Gasteiger charge is -2.35. The van der Waals surface area contributed by atoms with E-state index in [2.05, 4.69) is 43.0 Å². The summed E-state index contributed by atoms with van der Waals surface area (Å²) in [6.07, 6.45) is 2.34. The standard InChI is InChI=1S/C15H24N2O/c1-12(2)14-5-3-4-6-15(14)17-9-7-13(8-10-17)11-18-16/h3-6,12-13H,7-11,16H2,1-2H3. The van der Waals surface area contributed by atoms with Gasteiger partial charge in [-0.25, -0.2) is 5.90 Å². The van der Waals surface area contributed by atoms with E-state index >= 15 is 0 Å².